The summed E-state index contributed by atoms with van der Waals surface area (Å²) in [5, 5.41) is 4.61. The Hall–Kier alpha value is -1.73. The molecule has 3 heterocycles. The second-order valence-corrected chi connectivity index (χ2v) is 7.94. The first-order chi connectivity index (χ1) is 12.6. The number of amides is 1. The number of morpholine rings is 1. The lowest BCUT2D eigenvalue weighted by atomic mass is 9.96. The predicted molar refractivity (Wildman–Crippen MR) is 97.1 cm³/mol. The Morgan fingerprint density at radius 1 is 1.19 bits per heavy atom. The number of hydrogen-bond acceptors (Lipinski definition) is 5. The molecule has 1 atom stereocenters. The molecule has 0 spiro atoms. The van der Waals surface area contributed by atoms with E-state index in [4.69, 9.17) is 4.74 Å². The maximum Gasteiger partial charge on any atom is 0.267 e. The van der Waals surface area contributed by atoms with Crippen LogP contribution in [0.2, 0.25) is 0 Å². The Kier molecular flexibility index (Phi) is 5.09. The van der Waals surface area contributed by atoms with Gasteiger partial charge in [-0.15, -0.1) is 0 Å². The lowest BCUT2D eigenvalue weighted by molar-refractivity contribution is -0.148. The van der Waals surface area contributed by atoms with E-state index in [9.17, 15) is 9.59 Å². The number of likely N-dealkylation sites (N-methyl/N-ethyl adjacent to an activating group) is 1. The summed E-state index contributed by atoms with van der Waals surface area (Å²) in [4.78, 5) is 28.0. The van der Waals surface area contributed by atoms with Gasteiger partial charge in [0.25, 0.3) is 5.56 Å². The van der Waals surface area contributed by atoms with Gasteiger partial charge in [-0.2, -0.15) is 5.10 Å². The van der Waals surface area contributed by atoms with Crippen molar-refractivity contribution in [1.82, 2.24) is 19.6 Å². The number of ether oxygens (including phenoxy) is 1. The van der Waals surface area contributed by atoms with Crippen molar-refractivity contribution in [2.75, 3.05) is 39.8 Å². The molecular formula is C19H28N4O3. The molecule has 1 amide bonds. The Labute approximate surface area is 153 Å². The van der Waals surface area contributed by atoms with Crippen molar-refractivity contribution >= 4 is 5.91 Å². The van der Waals surface area contributed by atoms with E-state index < -0.39 is 0 Å². The van der Waals surface area contributed by atoms with Crippen LogP contribution in [-0.4, -0.2) is 71.4 Å². The third-order valence-corrected chi connectivity index (χ3v) is 5.97. The summed E-state index contributed by atoms with van der Waals surface area (Å²) in [6.07, 6.45) is 5.39. The molecule has 2 aliphatic heterocycles. The van der Waals surface area contributed by atoms with Crippen LogP contribution in [-0.2, 0) is 28.9 Å². The molecule has 4 rings (SSSR count). The molecule has 0 N–H and O–H groups in total. The zero-order valence-corrected chi connectivity index (χ0v) is 15.5. The van der Waals surface area contributed by atoms with Crippen molar-refractivity contribution in [3.8, 4) is 0 Å². The highest BCUT2D eigenvalue weighted by Gasteiger charge is 2.27. The molecule has 7 heteroatoms. The normalized spacial score (nSPS) is 24.9. The fourth-order valence-corrected chi connectivity index (χ4v) is 4.32. The van der Waals surface area contributed by atoms with E-state index in [2.05, 4.69) is 10.00 Å². The summed E-state index contributed by atoms with van der Waals surface area (Å²) in [6.45, 7) is 4.51. The second-order valence-electron chi connectivity index (χ2n) is 7.94. The van der Waals surface area contributed by atoms with Crippen molar-refractivity contribution in [2.24, 2.45) is 5.92 Å². The smallest absolute Gasteiger partial charge is 0.267 e. The Morgan fingerprint density at radius 3 is 2.77 bits per heavy atom. The average Bonchev–Trinajstić information content (AvgIpc) is 3.07. The zero-order valence-electron chi connectivity index (χ0n) is 15.5. The van der Waals surface area contributed by atoms with Crippen LogP contribution in [0.15, 0.2) is 10.9 Å². The molecule has 142 valence electrons. The first-order valence-electron chi connectivity index (χ1n) is 9.76. The first-order valence-corrected chi connectivity index (χ1v) is 9.76. The third-order valence-electron chi connectivity index (χ3n) is 5.97. The summed E-state index contributed by atoms with van der Waals surface area (Å²) >= 11 is 0. The molecule has 2 fully saturated rings. The van der Waals surface area contributed by atoms with Gasteiger partial charge in [0.15, 0.2) is 0 Å². The molecule has 0 saturated carbocycles. The van der Waals surface area contributed by atoms with Crippen LogP contribution >= 0.6 is 0 Å². The van der Waals surface area contributed by atoms with Gasteiger partial charge in [-0.25, -0.2) is 4.68 Å². The summed E-state index contributed by atoms with van der Waals surface area (Å²) in [5.41, 5.74) is 2.32. The van der Waals surface area contributed by atoms with E-state index in [0.717, 1.165) is 69.5 Å². The molecular weight excluding hydrogens is 332 g/mol. The van der Waals surface area contributed by atoms with Crippen LogP contribution in [0, 0.1) is 5.92 Å². The van der Waals surface area contributed by atoms with E-state index in [1.165, 1.54) is 0 Å². The van der Waals surface area contributed by atoms with Crippen molar-refractivity contribution in [3.63, 3.8) is 0 Å². The first kappa shape index (κ1) is 17.7. The van der Waals surface area contributed by atoms with Gasteiger partial charge in [-0.3, -0.25) is 9.59 Å². The van der Waals surface area contributed by atoms with E-state index in [1.54, 1.807) is 15.6 Å². The van der Waals surface area contributed by atoms with Gasteiger partial charge < -0.3 is 14.5 Å². The molecule has 1 unspecified atom stereocenters. The minimum Gasteiger partial charge on any atom is -0.365 e. The van der Waals surface area contributed by atoms with Crippen LogP contribution in [0.5, 0.6) is 0 Å². The van der Waals surface area contributed by atoms with Crippen LogP contribution in [0.3, 0.4) is 0 Å². The molecule has 1 aromatic heterocycles. The van der Waals surface area contributed by atoms with Gasteiger partial charge in [0.05, 0.1) is 11.8 Å². The molecule has 0 bridgehead atoms. The van der Waals surface area contributed by atoms with E-state index in [-0.39, 0.29) is 24.2 Å². The van der Waals surface area contributed by atoms with Crippen molar-refractivity contribution in [2.45, 2.75) is 44.8 Å². The number of aromatic nitrogens is 2. The number of fused-ring (bicyclic) bond motifs is 1. The van der Waals surface area contributed by atoms with Crippen molar-refractivity contribution < 1.29 is 9.53 Å². The highest BCUT2D eigenvalue weighted by molar-refractivity contribution is 5.77. The number of hydrogen-bond donors (Lipinski definition) is 0. The van der Waals surface area contributed by atoms with E-state index in [0.29, 0.717) is 12.5 Å². The van der Waals surface area contributed by atoms with E-state index in [1.807, 2.05) is 7.05 Å². The number of rotatable bonds is 4. The summed E-state index contributed by atoms with van der Waals surface area (Å²) < 4.78 is 7.35. The van der Waals surface area contributed by atoms with Gasteiger partial charge >= 0.3 is 0 Å². The number of carbonyl (C=O) groups excluding carboxylic acids is 1. The fourth-order valence-electron chi connectivity index (χ4n) is 4.32. The number of nitrogens with zero attached hydrogens (tertiary/aromatic N) is 4. The molecule has 2 saturated heterocycles. The Bertz CT molecular complexity index is 724. The predicted octanol–water partition coefficient (Wildman–Crippen LogP) is 0.301. The third kappa shape index (κ3) is 3.83. The molecule has 0 radical (unpaired) electrons. The average molecular weight is 360 g/mol. The van der Waals surface area contributed by atoms with Gasteiger partial charge in [-0.1, -0.05) is 0 Å². The number of carbonyl (C=O) groups is 1. The highest BCUT2D eigenvalue weighted by atomic mass is 16.5. The maximum atomic E-state index is 12.3. The van der Waals surface area contributed by atoms with Crippen LogP contribution < -0.4 is 5.56 Å². The summed E-state index contributed by atoms with van der Waals surface area (Å²) in [5.74, 6) is 0.569. The van der Waals surface area contributed by atoms with Crippen molar-refractivity contribution in [1.29, 1.82) is 0 Å². The standard InChI is InChI=1S/C19H28N4O3/c1-21-11-16(26-13-19(21)25)12-22-7-5-14(6-8-22)10-23-18(24)9-15-3-2-4-17(15)20-23/h9,14,16H,2-8,10-13H2,1H3. The van der Waals surface area contributed by atoms with Gasteiger partial charge in [0.2, 0.25) is 5.91 Å². The van der Waals surface area contributed by atoms with Crippen LogP contribution in [0.25, 0.3) is 0 Å². The fraction of sp³-hybridized carbons (Fsp3) is 0.737. The maximum absolute atomic E-state index is 12.3. The summed E-state index contributed by atoms with van der Waals surface area (Å²) in [7, 11) is 1.84. The monoisotopic (exact) mass is 360 g/mol. The lowest BCUT2D eigenvalue weighted by Crippen LogP contribution is -2.50. The minimum atomic E-state index is 0.0522. The molecule has 1 aliphatic carbocycles. The van der Waals surface area contributed by atoms with Gasteiger partial charge in [0.1, 0.15) is 6.61 Å². The second kappa shape index (κ2) is 7.48. The Morgan fingerprint density at radius 2 is 2.00 bits per heavy atom. The van der Waals surface area contributed by atoms with Crippen LogP contribution in [0.1, 0.15) is 30.5 Å². The van der Waals surface area contributed by atoms with E-state index >= 15 is 0 Å². The van der Waals surface area contributed by atoms with Crippen molar-refractivity contribution in [3.05, 3.63) is 27.7 Å². The number of piperidine rings is 1. The topological polar surface area (TPSA) is 67.7 Å². The quantitative estimate of drug-likeness (QED) is 0.773. The number of likely N-dealkylation sites (tertiary alicyclic amines) is 1. The zero-order chi connectivity index (χ0) is 18.1. The minimum absolute atomic E-state index is 0.0522. The molecule has 0 aromatic carbocycles. The summed E-state index contributed by atoms with van der Waals surface area (Å²) in [6, 6.07) is 1.79. The molecule has 1 aromatic rings. The largest absolute Gasteiger partial charge is 0.365 e. The highest BCUT2D eigenvalue weighted by Crippen LogP contribution is 2.21. The SMILES string of the molecule is CN1CC(CN2CCC(Cn3nc4c(cc3=O)CCC4)CC2)OCC1=O. The Balaban J connectivity index is 1.28. The van der Waals surface area contributed by atoms with Crippen LogP contribution in [0.4, 0.5) is 0 Å². The molecule has 7 nitrogen and oxygen atoms in total. The lowest BCUT2D eigenvalue weighted by Gasteiger charge is -2.37. The van der Waals surface area contributed by atoms with Gasteiger partial charge in [-0.05, 0) is 56.7 Å². The molecule has 3 aliphatic rings. The molecule has 26 heavy (non-hydrogen) atoms. The van der Waals surface area contributed by atoms with Gasteiger partial charge in [0, 0.05) is 32.7 Å². The number of aryl methyl sites for hydroxylation is 2.